The first-order valence-corrected chi connectivity index (χ1v) is 8.34. The number of likely N-dealkylation sites (tertiary alicyclic amines) is 1. The van der Waals surface area contributed by atoms with Gasteiger partial charge in [-0.2, -0.15) is 0 Å². The molecule has 1 aliphatic heterocycles. The Morgan fingerprint density at radius 2 is 1.95 bits per heavy atom. The molecule has 6 heteroatoms. The molecule has 0 amide bonds. The first-order chi connectivity index (χ1) is 10.1. The van der Waals surface area contributed by atoms with Crippen LogP contribution in [0.3, 0.4) is 0 Å². The molecule has 1 unspecified atom stereocenters. The predicted molar refractivity (Wildman–Crippen MR) is 92.6 cm³/mol. The second-order valence-corrected chi connectivity index (χ2v) is 6.41. The molecular weight excluding hydrogens is 381 g/mol. The van der Waals surface area contributed by atoms with Gasteiger partial charge in [0.05, 0.1) is 6.54 Å². The molecule has 0 bridgehead atoms. The third-order valence-corrected chi connectivity index (χ3v) is 4.12. The molecule has 0 radical (unpaired) electrons. The monoisotopic (exact) mass is 403 g/mol. The summed E-state index contributed by atoms with van der Waals surface area (Å²) < 4.78 is 6.68. The first-order valence-electron chi connectivity index (χ1n) is 7.26. The zero-order valence-corrected chi connectivity index (χ0v) is 14.2. The summed E-state index contributed by atoms with van der Waals surface area (Å²) >= 11 is 2.24. The molecule has 3 N–H and O–H groups in total. The number of guanidine groups is 1. The third-order valence-electron chi connectivity index (χ3n) is 3.40. The smallest absolute Gasteiger partial charge is 0.191 e. The Labute approximate surface area is 139 Å². The maximum Gasteiger partial charge on any atom is 0.191 e. The van der Waals surface area contributed by atoms with Crippen molar-refractivity contribution in [1.82, 2.24) is 4.90 Å². The van der Waals surface area contributed by atoms with E-state index in [-0.39, 0.29) is 13.2 Å². The second kappa shape index (κ2) is 8.43. The predicted octanol–water partition coefficient (Wildman–Crippen LogP) is 1.83. The second-order valence-electron chi connectivity index (χ2n) is 5.17. The van der Waals surface area contributed by atoms with E-state index in [2.05, 4.69) is 32.5 Å². The first kappa shape index (κ1) is 16.4. The van der Waals surface area contributed by atoms with Crippen LogP contribution in [0.25, 0.3) is 0 Å². The number of halogens is 1. The fourth-order valence-electron chi connectivity index (χ4n) is 2.20. The molecule has 1 fully saturated rings. The molecule has 0 spiro atoms. The van der Waals surface area contributed by atoms with E-state index in [0.717, 1.165) is 35.3 Å². The zero-order chi connectivity index (χ0) is 15.1. The lowest BCUT2D eigenvalue weighted by atomic mass is 10.1. The maximum atomic E-state index is 9.90. The lowest BCUT2D eigenvalue weighted by molar-refractivity contribution is 0.114. The van der Waals surface area contributed by atoms with Gasteiger partial charge in [0.2, 0.25) is 0 Å². The van der Waals surface area contributed by atoms with Crippen LogP contribution in [0, 0.1) is 3.57 Å². The van der Waals surface area contributed by atoms with Crippen LogP contribution in [-0.4, -0.2) is 48.3 Å². The van der Waals surface area contributed by atoms with Crippen molar-refractivity contribution in [2.24, 2.45) is 10.7 Å². The molecule has 1 aromatic rings. The molecule has 0 aliphatic carbocycles. The number of aliphatic hydroxyl groups excluding tert-OH is 1. The molecule has 5 nitrogen and oxygen atoms in total. The number of hydrogen-bond donors (Lipinski definition) is 2. The summed E-state index contributed by atoms with van der Waals surface area (Å²) in [5.41, 5.74) is 5.94. The number of ether oxygens (including phenoxy) is 1. The number of rotatable bonds is 5. The fraction of sp³-hybridized carbons (Fsp3) is 0.533. The van der Waals surface area contributed by atoms with Crippen LogP contribution >= 0.6 is 22.6 Å². The molecule has 0 aromatic heterocycles. The van der Waals surface area contributed by atoms with Crippen molar-refractivity contribution >= 4 is 28.6 Å². The highest BCUT2D eigenvalue weighted by atomic mass is 127. The minimum Gasteiger partial charge on any atom is -0.491 e. The van der Waals surface area contributed by atoms with Crippen molar-refractivity contribution in [2.45, 2.75) is 25.4 Å². The summed E-state index contributed by atoms with van der Waals surface area (Å²) in [5.74, 6) is 1.28. The Morgan fingerprint density at radius 1 is 1.29 bits per heavy atom. The van der Waals surface area contributed by atoms with Gasteiger partial charge in [-0.15, -0.1) is 0 Å². The Hall–Kier alpha value is -1.02. The number of piperidine rings is 1. The van der Waals surface area contributed by atoms with E-state index >= 15 is 0 Å². The quantitative estimate of drug-likeness (QED) is 0.447. The number of aliphatic imine (C=N–C) groups is 1. The zero-order valence-electron chi connectivity index (χ0n) is 12.0. The van der Waals surface area contributed by atoms with Gasteiger partial charge in [-0.05, 0) is 66.1 Å². The van der Waals surface area contributed by atoms with Crippen molar-refractivity contribution in [3.05, 3.63) is 27.8 Å². The standard InChI is InChI=1S/C15H22IN3O2/c16-12-4-6-14(7-5-12)21-11-13(20)10-18-15(17)19-8-2-1-3-9-19/h4-7,13,20H,1-3,8-11H2,(H2,17,18). The molecule has 1 aromatic carbocycles. The Kier molecular flexibility index (Phi) is 6.56. The minimum atomic E-state index is -0.646. The summed E-state index contributed by atoms with van der Waals surface area (Å²) in [4.78, 5) is 6.34. The summed E-state index contributed by atoms with van der Waals surface area (Å²) in [5, 5.41) is 9.90. The summed E-state index contributed by atoms with van der Waals surface area (Å²) in [6.45, 7) is 2.42. The van der Waals surface area contributed by atoms with Crippen LogP contribution in [0.4, 0.5) is 0 Å². The van der Waals surface area contributed by atoms with E-state index in [9.17, 15) is 5.11 Å². The van der Waals surface area contributed by atoms with E-state index in [1.165, 1.54) is 6.42 Å². The van der Waals surface area contributed by atoms with E-state index < -0.39 is 6.10 Å². The van der Waals surface area contributed by atoms with E-state index in [1.807, 2.05) is 24.3 Å². The van der Waals surface area contributed by atoms with Gasteiger partial charge < -0.3 is 20.5 Å². The van der Waals surface area contributed by atoms with Crippen LogP contribution in [0.1, 0.15) is 19.3 Å². The summed E-state index contributed by atoms with van der Waals surface area (Å²) in [6.07, 6.45) is 2.94. The van der Waals surface area contributed by atoms with Gasteiger partial charge in [0, 0.05) is 16.7 Å². The van der Waals surface area contributed by atoms with Crippen molar-refractivity contribution in [3.8, 4) is 5.75 Å². The molecule has 0 saturated carbocycles. The van der Waals surface area contributed by atoms with E-state index in [4.69, 9.17) is 10.5 Å². The number of aliphatic hydroxyl groups is 1. The Balaban J connectivity index is 1.73. The number of benzene rings is 1. The molecule has 1 saturated heterocycles. The van der Waals surface area contributed by atoms with E-state index in [1.54, 1.807) is 0 Å². The van der Waals surface area contributed by atoms with Crippen molar-refractivity contribution in [2.75, 3.05) is 26.2 Å². The minimum absolute atomic E-state index is 0.220. The highest BCUT2D eigenvalue weighted by Crippen LogP contribution is 2.13. The lowest BCUT2D eigenvalue weighted by Gasteiger charge is -2.27. The topological polar surface area (TPSA) is 71.1 Å². The van der Waals surface area contributed by atoms with Gasteiger partial charge in [0.1, 0.15) is 18.5 Å². The van der Waals surface area contributed by atoms with Gasteiger partial charge >= 0.3 is 0 Å². The van der Waals surface area contributed by atoms with Gasteiger partial charge in [-0.25, -0.2) is 0 Å². The van der Waals surface area contributed by atoms with Crippen LogP contribution in [0.15, 0.2) is 29.3 Å². The number of hydrogen-bond acceptors (Lipinski definition) is 3. The Morgan fingerprint density at radius 3 is 2.62 bits per heavy atom. The molecular formula is C15H22IN3O2. The van der Waals surface area contributed by atoms with Gasteiger partial charge in [-0.3, -0.25) is 4.99 Å². The number of nitrogens with zero attached hydrogens (tertiary/aromatic N) is 2. The fourth-order valence-corrected chi connectivity index (χ4v) is 2.56. The highest BCUT2D eigenvalue weighted by Gasteiger charge is 2.12. The molecule has 116 valence electrons. The average molecular weight is 403 g/mol. The van der Waals surface area contributed by atoms with Gasteiger partial charge in [0.15, 0.2) is 5.96 Å². The molecule has 1 atom stereocenters. The van der Waals surface area contributed by atoms with Crippen LogP contribution in [0.2, 0.25) is 0 Å². The lowest BCUT2D eigenvalue weighted by Crippen LogP contribution is -2.41. The number of nitrogens with two attached hydrogens (primary N) is 1. The normalized spacial score (nSPS) is 17.6. The van der Waals surface area contributed by atoms with Crippen LogP contribution < -0.4 is 10.5 Å². The van der Waals surface area contributed by atoms with Gasteiger partial charge in [0.25, 0.3) is 0 Å². The van der Waals surface area contributed by atoms with Crippen LogP contribution in [0.5, 0.6) is 5.75 Å². The average Bonchev–Trinajstić information content (AvgIpc) is 2.53. The third kappa shape index (κ3) is 5.70. The van der Waals surface area contributed by atoms with E-state index in [0.29, 0.717) is 5.96 Å². The van der Waals surface area contributed by atoms with Crippen LogP contribution in [-0.2, 0) is 0 Å². The molecule has 21 heavy (non-hydrogen) atoms. The molecule has 2 rings (SSSR count). The largest absolute Gasteiger partial charge is 0.491 e. The van der Waals surface area contributed by atoms with Crippen molar-refractivity contribution < 1.29 is 9.84 Å². The maximum absolute atomic E-state index is 9.90. The summed E-state index contributed by atoms with van der Waals surface area (Å²) in [7, 11) is 0. The SMILES string of the molecule is NC(=NCC(O)COc1ccc(I)cc1)N1CCCCC1. The molecule has 1 heterocycles. The summed E-state index contributed by atoms with van der Waals surface area (Å²) in [6, 6.07) is 7.71. The van der Waals surface area contributed by atoms with Gasteiger partial charge in [-0.1, -0.05) is 0 Å². The van der Waals surface area contributed by atoms with Crippen molar-refractivity contribution in [3.63, 3.8) is 0 Å². The van der Waals surface area contributed by atoms with Crippen molar-refractivity contribution in [1.29, 1.82) is 0 Å². The highest BCUT2D eigenvalue weighted by molar-refractivity contribution is 14.1. The Bertz CT molecular complexity index is 458. The molecule has 1 aliphatic rings.